The van der Waals surface area contributed by atoms with Gasteiger partial charge in [-0.25, -0.2) is 0 Å². The molecule has 0 spiro atoms. The van der Waals surface area contributed by atoms with Gasteiger partial charge in [-0.2, -0.15) is 0 Å². The molecule has 1 aromatic heterocycles. The molecule has 86 valence electrons. The third kappa shape index (κ3) is 1.96. The number of pyridine rings is 1. The fourth-order valence-corrected chi connectivity index (χ4v) is 2.53. The summed E-state index contributed by atoms with van der Waals surface area (Å²) in [7, 11) is 0. The van der Waals surface area contributed by atoms with Gasteiger partial charge >= 0.3 is 0 Å². The predicted molar refractivity (Wildman–Crippen MR) is 67.7 cm³/mol. The monoisotopic (exact) mass is 225 g/mol. The fourth-order valence-electron chi connectivity index (χ4n) is 2.53. The number of aliphatic hydroxyl groups is 1. The van der Waals surface area contributed by atoms with Gasteiger partial charge in [0, 0.05) is 18.4 Å². The molecule has 2 nitrogen and oxygen atoms in total. The van der Waals surface area contributed by atoms with E-state index in [0.29, 0.717) is 5.92 Å². The maximum Gasteiger partial charge on any atom is 0.0702 e. The molecular weight excluding hydrogens is 210 g/mol. The van der Waals surface area contributed by atoms with Crippen LogP contribution in [-0.2, 0) is 12.8 Å². The maximum absolute atomic E-state index is 9.21. The Kier molecular flexibility index (Phi) is 2.65. The molecule has 1 N–H and O–H groups in total. The first kappa shape index (κ1) is 10.5. The summed E-state index contributed by atoms with van der Waals surface area (Å²) in [6.45, 7) is 0.285. The molecule has 2 aromatic rings. The topological polar surface area (TPSA) is 33.1 Å². The zero-order valence-electron chi connectivity index (χ0n) is 9.63. The van der Waals surface area contributed by atoms with Crippen LogP contribution in [0, 0.1) is 5.92 Å². The van der Waals surface area contributed by atoms with Gasteiger partial charge in [-0.05, 0) is 48.1 Å². The number of aliphatic hydroxyl groups excluding tert-OH is 1. The van der Waals surface area contributed by atoms with Gasteiger partial charge in [-0.15, -0.1) is 0 Å². The summed E-state index contributed by atoms with van der Waals surface area (Å²) in [6.07, 6.45) is 3.82. The largest absolute Gasteiger partial charge is 0.396 e. The van der Waals surface area contributed by atoms with Crippen LogP contribution < -0.4 is 0 Å². The van der Waals surface area contributed by atoms with Crippen LogP contribution in [0.5, 0.6) is 0 Å². The number of fused-ring (bicyclic) bond motifs is 1. The number of benzene rings is 1. The molecule has 0 saturated heterocycles. The van der Waals surface area contributed by atoms with Gasteiger partial charge in [0.1, 0.15) is 0 Å². The average Bonchev–Trinajstić information content (AvgIpc) is 2.81. The summed E-state index contributed by atoms with van der Waals surface area (Å²) in [5.74, 6) is 0.406. The van der Waals surface area contributed by atoms with Crippen molar-refractivity contribution in [1.29, 1.82) is 0 Å². The summed E-state index contributed by atoms with van der Waals surface area (Å²) in [5.41, 5.74) is 4.93. The van der Waals surface area contributed by atoms with Gasteiger partial charge in [0.15, 0.2) is 0 Å². The van der Waals surface area contributed by atoms with Crippen molar-refractivity contribution >= 4 is 0 Å². The Balaban J connectivity index is 1.96. The minimum atomic E-state index is 0.285. The highest BCUT2D eigenvalue weighted by Crippen LogP contribution is 2.30. The second-order valence-corrected chi connectivity index (χ2v) is 4.66. The Morgan fingerprint density at radius 1 is 1.12 bits per heavy atom. The van der Waals surface area contributed by atoms with Gasteiger partial charge in [-0.1, -0.05) is 18.2 Å². The van der Waals surface area contributed by atoms with Crippen molar-refractivity contribution in [1.82, 2.24) is 4.98 Å². The molecule has 2 heteroatoms. The Morgan fingerprint density at radius 3 is 2.76 bits per heavy atom. The highest BCUT2D eigenvalue weighted by molar-refractivity contribution is 5.61. The predicted octanol–water partition coefficient (Wildman–Crippen LogP) is 2.46. The molecule has 0 bridgehead atoms. The van der Waals surface area contributed by atoms with E-state index < -0.39 is 0 Å². The van der Waals surface area contributed by atoms with E-state index >= 15 is 0 Å². The Hall–Kier alpha value is -1.67. The second kappa shape index (κ2) is 4.30. The van der Waals surface area contributed by atoms with E-state index in [1.165, 1.54) is 16.7 Å². The molecular formula is C15H15NO. The number of aromatic nitrogens is 1. The van der Waals surface area contributed by atoms with Gasteiger partial charge in [-0.3, -0.25) is 4.98 Å². The Morgan fingerprint density at radius 2 is 2.00 bits per heavy atom. The van der Waals surface area contributed by atoms with E-state index in [4.69, 9.17) is 0 Å². The maximum atomic E-state index is 9.21. The number of hydrogen-bond donors (Lipinski definition) is 1. The standard InChI is InChI=1S/C15H15NO/c17-10-11-7-12-4-5-13(9-14(12)8-11)15-3-1-2-6-16-15/h1-6,9,11,17H,7-8,10H2/t11-/m0/s1. The highest BCUT2D eigenvalue weighted by Gasteiger charge is 2.20. The van der Waals surface area contributed by atoms with Crippen molar-refractivity contribution in [3.05, 3.63) is 53.7 Å². The zero-order valence-corrected chi connectivity index (χ0v) is 9.63. The van der Waals surface area contributed by atoms with E-state index in [9.17, 15) is 5.11 Å². The molecule has 1 aliphatic rings. The average molecular weight is 225 g/mol. The molecule has 3 rings (SSSR count). The molecule has 1 aliphatic carbocycles. The zero-order chi connectivity index (χ0) is 11.7. The second-order valence-electron chi connectivity index (χ2n) is 4.66. The molecule has 0 unspecified atom stereocenters. The molecule has 17 heavy (non-hydrogen) atoms. The van der Waals surface area contributed by atoms with Crippen LogP contribution in [0.25, 0.3) is 11.3 Å². The van der Waals surface area contributed by atoms with Crippen LogP contribution in [0.2, 0.25) is 0 Å². The van der Waals surface area contributed by atoms with Gasteiger partial charge < -0.3 is 5.11 Å². The molecule has 0 radical (unpaired) electrons. The van der Waals surface area contributed by atoms with Crippen molar-refractivity contribution in [2.45, 2.75) is 12.8 Å². The minimum Gasteiger partial charge on any atom is -0.396 e. The normalized spacial score (nSPS) is 18.1. The lowest BCUT2D eigenvalue weighted by atomic mass is 10.0. The lowest BCUT2D eigenvalue weighted by Gasteiger charge is -2.03. The van der Waals surface area contributed by atoms with Crippen molar-refractivity contribution in [2.75, 3.05) is 6.61 Å². The summed E-state index contributed by atoms with van der Waals surface area (Å²) in [5, 5.41) is 9.21. The van der Waals surface area contributed by atoms with E-state index in [-0.39, 0.29) is 6.61 Å². The van der Waals surface area contributed by atoms with Crippen LogP contribution in [-0.4, -0.2) is 16.7 Å². The molecule has 1 aromatic carbocycles. The van der Waals surface area contributed by atoms with E-state index in [1.54, 1.807) is 0 Å². The fraction of sp³-hybridized carbons (Fsp3) is 0.267. The smallest absolute Gasteiger partial charge is 0.0702 e. The molecule has 1 atom stereocenters. The van der Waals surface area contributed by atoms with Gasteiger partial charge in [0.05, 0.1) is 5.69 Å². The SMILES string of the molecule is OC[C@H]1Cc2ccc(-c3ccccn3)cc2C1. The first-order valence-electron chi connectivity index (χ1n) is 6.01. The lowest BCUT2D eigenvalue weighted by Crippen LogP contribution is -2.04. The van der Waals surface area contributed by atoms with Crippen LogP contribution >= 0.6 is 0 Å². The molecule has 0 amide bonds. The highest BCUT2D eigenvalue weighted by atomic mass is 16.3. The van der Waals surface area contributed by atoms with Crippen molar-refractivity contribution < 1.29 is 5.11 Å². The first-order valence-corrected chi connectivity index (χ1v) is 6.01. The minimum absolute atomic E-state index is 0.285. The number of nitrogens with zero attached hydrogens (tertiary/aromatic N) is 1. The van der Waals surface area contributed by atoms with Gasteiger partial charge in [0.2, 0.25) is 0 Å². The van der Waals surface area contributed by atoms with Crippen molar-refractivity contribution in [3.63, 3.8) is 0 Å². The van der Waals surface area contributed by atoms with Crippen LogP contribution in [0.4, 0.5) is 0 Å². The summed E-state index contributed by atoms with van der Waals surface area (Å²) in [4.78, 5) is 4.36. The van der Waals surface area contributed by atoms with E-state index in [0.717, 1.165) is 18.5 Å². The first-order chi connectivity index (χ1) is 8.36. The molecule has 1 heterocycles. The number of rotatable bonds is 2. The molecule has 0 fully saturated rings. The number of hydrogen-bond acceptors (Lipinski definition) is 2. The lowest BCUT2D eigenvalue weighted by molar-refractivity contribution is 0.232. The van der Waals surface area contributed by atoms with E-state index in [1.807, 2.05) is 24.4 Å². The third-order valence-electron chi connectivity index (χ3n) is 3.44. The summed E-state index contributed by atoms with van der Waals surface area (Å²) in [6, 6.07) is 12.5. The molecule has 0 aliphatic heterocycles. The summed E-state index contributed by atoms with van der Waals surface area (Å²) < 4.78 is 0. The Bertz CT molecular complexity index is 522. The summed E-state index contributed by atoms with van der Waals surface area (Å²) >= 11 is 0. The molecule has 0 saturated carbocycles. The van der Waals surface area contributed by atoms with Crippen molar-refractivity contribution in [3.8, 4) is 11.3 Å². The van der Waals surface area contributed by atoms with Crippen molar-refractivity contribution in [2.24, 2.45) is 5.92 Å². The van der Waals surface area contributed by atoms with Crippen LogP contribution in [0.1, 0.15) is 11.1 Å². The quantitative estimate of drug-likeness (QED) is 0.851. The third-order valence-corrected chi connectivity index (χ3v) is 3.44. The van der Waals surface area contributed by atoms with Crippen LogP contribution in [0.3, 0.4) is 0 Å². The Labute approximate surface area is 101 Å². The van der Waals surface area contributed by atoms with E-state index in [2.05, 4.69) is 23.2 Å². The van der Waals surface area contributed by atoms with Gasteiger partial charge in [0.25, 0.3) is 0 Å². The van der Waals surface area contributed by atoms with Crippen LogP contribution in [0.15, 0.2) is 42.6 Å².